The molecule has 1 atom stereocenters. The van der Waals surface area contributed by atoms with Crippen LogP contribution in [-0.2, 0) is 9.59 Å². The second-order valence-electron chi connectivity index (χ2n) is 5.71. The lowest BCUT2D eigenvalue weighted by Crippen LogP contribution is -3.17. The number of carbonyl (C=O) groups excluding carboxylic acids is 2. The molecule has 2 amide bonds. The van der Waals surface area contributed by atoms with Crippen molar-refractivity contribution in [2.75, 3.05) is 25.1 Å². The third-order valence-corrected chi connectivity index (χ3v) is 4.46. The highest BCUT2D eigenvalue weighted by Crippen LogP contribution is 2.31. The van der Waals surface area contributed by atoms with Crippen LogP contribution in [-0.4, -0.2) is 38.1 Å². The molecule has 0 aliphatic carbocycles. The zero-order valence-corrected chi connectivity index (χ0v) is 12.3. The van der Waals surface area contributed by atoms with Gasteiger partial charge in [0.15, 0.2) is 6.04 Å². The number of benzene rings is 1. The Labute approximate surface area is 124 Å². The maximum atomic E-state index is 12.7. The van der Waals surface area contributed by atoms with Crippen LogP contribution in [0.2, 0.25) is 0 Å². The lowest BCUT2D eigenvalue weighted by molar-refractivity contribution is -0.919. The first-order valence-electron chi connectivity index (χ1n) is 7.57. The van der Waals surface area contributed by atoms with Gasteiger partial charge >= 0.3 is 0 Å². The Bertz CT molecular complexity index is 552. The summed E-state index contributed by atoms with van der Waals surface area (Å²) in [6.07, 6.45) is 3.82. The minimum absolute atomic E-state index is 0.0820. The van der Waals surface area contributed by atoms with Crippen LogP contribution in [0.1, 0.15) is 25.7 Å². The number of likely N-dealkylation sites (tertiary alicyclic amines) is 1. The summed E-state index contributed by atoms with van der Waals surface area (Å²) in [5.74, 6) is 0.363. The minimum atomic E-state index is -0.220. The molecule has 5 heteroatoms. The van der Waals surface area contributed by atoms with Gasteiger partial charge in [0, 0.05) is 0 Å². The number of ether oxygens (including phenoxy) is 1. The summed E-state index contributed by atoms with van der Waals surface area (Å²) >= 11 is 0. The molecule has 1 aromatic rings. The van der Waals surface area contributed by atoms with Crippen LogP contribution in [0.4, 0.5) is 5.69 Å². The lowest BCUT2D eigenvalue weighted by atomic mass is 10.1. The standard InChI is InChI=1S/C16H20N2O3/c1-21-14-8-4-3-7-12(14)18-15(19)11-13(16(18)20)17-9-5-2-6-10-17/h3-4,7-8,13H,2,5-6,9-11H2,1H3/p+1/t13-/m0/s1. The molecule has 0 saturated carbocycles. The van der Waals surface area contributed by atoms with Crippen molar-refractivity contribution in [3.05, 3.63) is 24.3 Å². The number of hydrogen-bond donors (Lipinski definition) is 1. The van der Waals surface area contributed by atoms with Crippen molar-refractivity contribution in [2.24, 2.45) is 0 Å². The van der Waals surface area contributed by atoms with Crippen molar-refractivity contribution in [1.82, 2.24) is 0 Å². The average molecular weight is 289 g/mol. The number of nitrogens with zero attached hydrogens (tertiary/aromatic N) is 1. The molecule has 0 unspecified atom stereocenters. The van der Waals surface area contributed by atoms with E-state index < -0.39 is 0 Å². The van der Waals surface area contributed by atoms with E-state index in [0.717, 1.165) is 25.9 Å². The van der Waals surface area contributed by atoms with Crippen LogP contribution in [0.5, 0.6) is 5.75 Å². The predicted molar refractivity (Wildman–Crippen MR) is 78.4 cm³/mol. The van der Waals surface area contributed by atoms with E-state index in [1.807, 2.05) is 12.1 Å². The molecule has 1 aromatic carbocycles. The molecule has 2 aliphatic heterocycles. The fourth-order valence-corrected chi connectivity index (χ4v) is 3.37. The van der Waals surface area contributed by atoms with Gasteiger partial charge in [-0.3, -0.25) is 9.59 Å². The maximum Gasteiger partial charge on any atom is 0.292 e. The summed E-state index contributed by atoms with van der Waals surface area (Å²) in [5.41, 5.74) is 0.564. The zero-order chi connectivity index (χ0) is 14.8. The number of para-hydroxylation sites is 2. The molecule has 3 rings (SSSR count). The number of hydrogen-bond acceptors (Lipinski definition) is 3. The predicted octanol–water partition coefficient (Wildman–Crippen LogP) is 0.396. The molecule has 2 saturated heterocycles. The first-order chi connectivity index (χ1) is 10.2. The molecule has 1 N–H and O–H groups in total. The van der Waals surface area contributed by atoms with Gasteiger partial charge in [0.05, 0.1) is 32.3 Å². The number of methoxy groups -OCH3 is 1. The summed E-state index contributed by atoms with van der Waals surface area (Å²) in [7, 11) is 1.55. The van der Waals surface area contributed by atoms with Gasteiger partial charge in [0.2, 0.25) is 5.91 Å². The Balaban J connectivity index is 1.86. The van der Waals surface area contributed by atoms with Crippen LogP contribution in [0, 0.1) is 0 Å². The summed E-state index contributed by atoms with van der Waals surface area (Å²) in [6, 6.07) is 6.97. The SMILES string of the molecule is COc1ccccc1N1C(=O)C[C@H]([NH+]2CCCCC2)C1=O. The fraction of sp³-hybridized carbons (Fsp3) is 0.500. The topological polar surface area (TPSA) is 51.0 Å². The number of carbonyl (C=O) groups is 2. The monoisotopic (exact) mass is 289 g/mol. The number of nitrogens with one attached hydrogen (secondary N) is 1. The molecule has 21 heavy (non-hydrogen) atoms. The minimum Gasteiger partial charge on any atom is -0.495 e. The molecule has 0 spiro atoms. The van der Waals surface area contributed by atoms with Crippen molar-refractivity contribution < 1.29 is 19.2 Å². The highest BCUT2D eigenvalue weighted by Gasteiger charge is 2.46. The van der Waals surface area contributed by atoms with Gasteiger partial charge in [-0.2, -0.15) is 0 Å². The number of rotatable bonds is 3. The number of anilines is 1. The summed E-state index contributed by atoms with van der Waals surface area (Å²) in [5, 5.41) is 0. The summed E-state index contributed by atoms with van der Waals surface area (Å²) in [6.45, 7) is 1.98. The molecule has 112 valence electrons. The highest BCUT2D eigenvalue weighted by molar-refractivity contribution is 6.22. The molecule has 5 nitrogen and oxygen atoms in total. The average Bonchev–Trinajstić information content (AvgIpc) is 2.83. The van der Waals surface area contributed by atoms with E-state index in [4.69, 9.17) is 4.74 Å². The molecule has 0 aromatic heterocycles. The van der Waals surface area contributed by atoms with Crippen molar-refractivity contribution in [2.45, 2.75) is 31.7 Å². The van der Waals surface area contributed by atoms with Crippen LogP contribution >= 0.6 is 0 Å². The summed E-state index contributed by atoms with van der Waals surface area (Å²) in [4.78, 5) is 27.6. The van der Waals surface area contributed by atoms with Crippen LogP contribution in [0.3, 0.4) is 0 Å². The Kier molecular flexibility index (Phi) is 3.92. The Morgan fingerprint density at radius 1 is 1.14 bits per heavy atom. The van der Waals surface area contributed by atoms with Gasteiger partial charge in [-0.05, 0) is 31.4 Å². The zero-order valence-electron chi connectivity index (χ0n) is 12.3. The molecular formula is C16H21N2O3+. The molecule has 2 heterocycles. The number of quaternary nitrogens is 1. The van der Waals surface area contributed by atoms with Gasteiger partial charge in [0.25, 0.3) is 5.91 Å². The normalized spacial score (nSPS) is 23.7. The Morgan fingerprint density at radius 2 is 1.86 bits per heavy atom. The van der Waals surface area contributed by atoms with Gasteiger partial charge < -0.3 is 9.64 Å². The Hall–Kier alpha value is -1.88. The number of amides is 2. The quantitative estimate of drug-likeness (QED) is 0.819. The fourth-order valence-electron chi connectivity index (χ4n) is 3.37. The highest BCUT2D eigenvalue weighted by atomic mass is 16.5. The van der Waals surface area contributed by atoms with Crippen molar-refractivity contribution in [3.63, 3.8) is 0 Å². The Morgan fingerprint density at radius 3 is 2.57 bits per heavy atom. The smallest absolute Gasteiger partial charge is 0.292 e. The number of piperidine rings is 1. The molecule has 2 fully saturated rings. The van der Waals surface area contributed by atoms with Crippen LogP contribution in [0.15, 0.2) is 24.3 Å². The second-order valence-corrected chi connectivity index (χ2v) is 5.71. The van der Waals surface area contributed by atoms with E-state index >= 15 is 0 Å². The molecule has 0 bridgehead atoms. The van der Waals surface area contributed by atoms with E-state index in [2.05, 4.69) is 0 Å². The van der Waals surface area contributed by atoms with Gasteiger partial charge in [-0.1, -0.05) is 12.1 Å². The second kappa shape index (κ2) is 5.85. The van der Waals surface area contributed by atoms with Crippen LogP contribution in [0.25, 0.3) is 0 Å². The van der Waals surface area contributed by atoms with E-state index in [1.165, 1.54) is 16.2 Å². The lowest BCUT2D eigenvalue weighted by Gasteiger charge is -2.27. The first kappa shape index (κ1) is 14.1. The van der Waals surface area contributed by atoms with Crippen molar-refractivity contribution in [3.8, 4) is 5.75 Å². The van der Waals surface area contributed by atoms with Gasteiger partial charge in [-0.25, -0.2) is 4.90 Å². The van der Waals surface area contributed by atoms with Gasteiger partial charge in [0.1, 0.15) is 5.75 Å². The van der Waals surface area contributed by atoms with Crippen molar-refractivity contribution in [1.29, 1.82) is 0 Å². The maximum absolute atomic E-state index is 12.7. The van der Waals surface area contributed by atoms with Gasteiger partial charge in [-0.15, -0.1) is 0 Å². The summed E-state index contributed by atoms with van der Waals surface area (Å²) < 4.78 is 5.28. The number of imide groups is 1. The van der Waals surface area contributed by atoms with E-state index in [-0.39, 0.29) is 17.9 Å². The van der Waals surface area contributed by atoms with Crippen molar-refractivity contribution >= 4 is 17.5 Å². The van der Waals surface area contributed by atoms with E-state index in [9.17, 15) is 9.59 Å². The first-order valence-corrected chi connectivity index (χ1v) is 7.57. The molecule has 2 aliphatic rings. The largest absolute Gasteiger partial charge is 0.495 e. The van der Waals surface area contributed by atoms with Crippen LogP contribution < -0.4 is 14.5 Å². The third-order valence-electron chi connectivity index (χ3n) is 4.46. The van der Waals surface area contributed by atoms with E-state index in [1.54, 1.807) is 19.2 Å². The third kappa shape index (κ3) is 2.53. The van der Waals surface area contributed by atoms with E-state index in [0.29, 0.717) is 17.9 Å². The molecule has 0 radical (unpaired) electrons. The molecular weight excluding hydrogens is 268 g/mol.